The van der Waals surface area contributed by atoms with Crippen LogP contribution in [0.5, 0.6) is 0 Å². The molecule has 0 radical (unpaired) electrons. The zero-order valence-corrected chi connectivity index (χ0v) is 18.4. The van der Waals surface area contributed by atoms with Crippen molar-refractivity contribution in [2.45, 2.75) is 37.8 Å². The van der Waals surface area contributed by atoms with Gasteiger partial charge in [0.15, 0.2) is 0 Å². The summed E-state index contributed by atoms with van der Waals surface area (Å²) in [5.74, 6) is -1.17. The number of hydrogen-bond acceptors (Lipinski definition) is 4. The van der Waals surface area contributed by atoms with Crippen LogP contribution in [-0.4, -0.2) is 26.0 Å². The molecule has 0 saturated carbocycles. The van der Waals surface area contributed by atoms with Crippen LogP contribution >= 0.6 is 11.3 Å². The zero-order chi connectivity index (χ0) is 23.0. The number of rotatable bonds is 7. The molecule has 10 heteroatoms. The summed E-state index contributed by atoms with van der Waals surface area (Å²) in [5.41, 5.74) is -0.257. The highest BCUT2D eigenvalue weighted by Crippen LogP contribution is 2.42. The van der Waals surface area contributed by atoms with Crippen molar-refractivity contribution in [1.29, 1.82) is 0 Å². The number of unbranched alkanes of at least 4 members (excludes halogenated alkanes) is 1. The quantitative estimate of drug-likeness (QED) is 0.464. The van der Waals surface area contributed by atoms with E-state index in [0.29, 0.717) is 33.5 Å². The Balaban J connectivity index is 2.12. The Morgan fingerprint density at radius 2 is 1.77 bits per heavy atom. The van der Waals surface area contributed by atoms with E-state index in [1.807, 2.05) is 6.92 Å². The Hall–Kier alpha value is -2.59. The third-order valence-corrected chi connectivity index (χ3v) is 8.08. The molecule has 31 heavy (non-hydrogen) atoms. The second kappa shape index (κ2) is 8.51. The summed E-state index contributed by atoms with van der Waals surface area (Å²) in [6.07, 6.45) is -3.23. The van der Waals surface area contributed by atoms with Gasteiger partial charge in [-0.25, -0.2) is 13.2 Å². The summed E-state index contributed by atoms with van der Waals surface area (Å²) >= 11 is 0.995. The van der Waals surface area contributed by atoms with Crippen molar-refractivity contribution in [3.8, 4) is 0 Å². The van der Waals surface area contributed by atoms with Gasteiger partial charge in [0.2, 0.25) is 0 Å². The molecule has 0 spiro atoms. The largest absolute Gasteiger partial charge is 0.478 e. The molecule has 5 nitrogen and oxygen atoms in total. The van der Waals surface area contributed by atoms with E-state index in [0.717, 1.165) is 23.5 Å². The maximum atomic E-state index is 13.4. The van der Waals surface area contributed by atoms with Gasteiger partial charge in [0.1, 0.15) is 5.00 Å². The number of carboxylic acid groups (broad SMARTS) is 1. The Morgan fingerprint density at radius 3 is 2.32 bits per heavy atom. The molecule has 1 heterocycles. The van der Waals surface area contributed by atoms with Crippen molar-refractivity contribution in [3.05, 3.63) is 59.2 Å². The van der Waals surface area contributed by atoms with E-state index in [1.54, 1.807) is 6.92 Å². The molecule has 2 aromatic carbocycles. The van der Waals surface area contributed by atoms with Gasteiger partial charge in [-0.15, -0.1) is 11.3 Å². The minimum atomic E-state index is -4.49. The first-order chi connectivity index (χ1) is 14.5. The lowest BCUT2D eigenvalue weighted by atomic mass is 10.1. The number of hydrogen-bond donors (Lipinski definition) is 1. The summed E-state index contributed by atoms with van der Waals surface area (Å²) in [7, 11) is -4.05. The summed E-state index contributed by atoms with van der Waals surface area (Å²) in [6.45, 7) is 3.74. The van der Waals surface area contributed by atoms with Crippen LogP contribution in [0.15, 0.2) is 47.4 Å². The standard InChI is InChI=1S/C21H20F3NO4S2/c1-3-4-11-25(31(28,29)16-8-5-14(6-9-16)20(26)27)19-13(2)17-10-7-15(21(22,23)24)12-18(17)30-19/h5-10,12H,3-4,11H2,1-2H3,(H,26,27). The van der Waals surface area contributed by atoms with Gasteiger partial charge in [-0.05, 0) is 60.7 Å². The SMILES string of the molecule is CCCCN(c1sc2cc(C(F)(F)F)ccc2c1C)S(=O)(=O)c1ccc(C(=O)O)cc1. The van der Waals surface area contributed by atoms with Crippen molar-refractivity contribution in [2.24, 2.45) is 0 Å². The fourth-order valence-electron chi connectivity index (χ4n) is 3.16. The van der Waals surface area contributed by atoms with Crippen LogP contribution in [0.3, 0.4) is 0 Å². The Morgan fingerprint density at radius 1 is 1.13 bits per heavy atom. The van der Waals surface area contributed by atoms with E-state index in [9.17, 15) is 26.4 Å². The molecule has 0 aliphatic rings. The number of sulfonamides is 1. The van der Waals surface area contributed by atoms with Gasteiger partial charge < -0.3 is 5.11 Å². The van der Waals surface area contributed by atoms with E-state index < -0.39 is 27.7 Å². The average Bonchev–Trinajstić information content (AvgIpc) is 3.03. The van der Waals surface area contributed by atoms with Crippen molar-refractivity contribution in [2.75, 3.05) is 10.8 Å². The lowest BCUT2D eigenvalue weighted by Crippen LogP contribution is -2.31. The van der Waals surface area contributed by atoms with E-state index in [1.165, 1.54) is 34.6 Å². The molecular weight excluding hydrogens is 451 g/mol. The molecule has 0 aliphatic heterocycles. The molecule has 3 aromatic rings. The molecule has 0 atom stereocenters. The molecule has 1 N–H and O–H groups in total. The van der Waals surface area contributed by atoms with Gasteiger partial charge in [-0.2, -0.15) is 13.2 Å². The van der Waals surface area contributed by atoms with Crippen LogP contribution in [0.4, 0.5) is 18.2 Å². The van der Waals surface area contributed by atoms with E-state index >= 15 is 0 Å². The Kier molecular flexibility index (Phi) is 6.33. The maximum Gasteiger partial charge on any atom is 0.416 e. The minimum Gasteiger partial charge on any atom is -0.478 e. The van der Waals surface area contributed by atoms with Crippen LogP contribution in [0.2, 0.25) is 0 Å². The predicted molar refractivity (Wildman–Crippen MR) is 114 cm³/mol. The summed E-state index contributed by atoms with van der Waals surface area (Å²) in [6, 6.07) is 8.25. The third kappa shape index (κ3) is 4.54. The summed E-state index contributed by atoms with van der Waals surface area (Å²) in [5, 5.41) is 9.95. The molecule has 0 amide bonds. The highest BCUT2D eigenvalue weighted by atomic mass is 32.2. The summed E-state index contributed by atoms with van der Waals surface area (Å²) < 4.78 is 67.6. The fourth-order valence-corrected chi connectivity index (χ4v) is 6.20. The Labute approximate surface area is 181 Å². The van der Waals surface area contributed by atoms with E-state index in [-0.39, 0.29) is 17.0 Å². The Bertz CT molecular complexity index is 1220. The second-order valence-corrected chi connectivity index (χ2v) is 9.89. The smallest absolute Gasteiger partial charge is 0.416 e. The minimum absolute atomic E-state index is 0.0446. The lowest BCUT2D eigenvalue weighted by Gasteiger charge is -2.24. The average molecular weight is 472 g/mol. The van der Waals surface area contributed by atoms with Gasteiger partial charge in [0, 0.05) is 11.2 Å². The van der Waals surface area contributed by atoms with Crippen LogP contribution in [0.1, 0.15) is 41.3 Å². The lowest BCUT2D eigenvalue weighted by molar-refractivity contribution is -0.137. The molecule has 0 unspecified atom stereocenters. The number of thiophene rings is 1. The molecule has 166 valence electrons. The highest BCUT2D eigenvalue weighted by Gasteiger charge is 2.32. The van der Waals surface area contributed by atoms with E-state index in [2.05, 4.69) is 0 Å². The number of benzene rings is 2. The number of carbonyl (C=O) groups is 1. The molecule has 0 fully saturated rings. The van der Waals surface area contributed by atoms with Crippen molar-refractivity contribution in [1.82, 2.24) is 0 Å². The van der Waals surface area contributed by atoms with Crippen molar-refractivity contribution < 1.29 is 31.5 Å². The van der Waals surface area contributed by atoms with Crippen molar-refractivity contribution >= 4 is 42.4 Å². The van der Waals surface area contributed by atoms with Gasteiger partial charge in [0.05, 0.1) is 16.0 Å². The van der Waals surface area contributed by atoms with E-state index in [4.69, 9.17) is 5.11 Å². The molecular formula is C21H20F3NO4S2. The number of fused-ring (bicyclic) bond motifs is 1. The molecule has 3 rings (SSSR count). The number of alkyl halides is 3. The zero-order valence-electron chi connectivity index (χ0n) is 16.7. The van der Waals surface area contributed by atoms with Crippen LogP contribution in [0, 0.1) is 6.92 Å². The van der Waals surface area contributed by atoms with Gasteiger partial charge in [0.25, 0.3) is 10.0 Å². The first-order valence-electron chi connectivity index (χ1n) is 9.43. The topological polar surface area (TPSA) is 74.7 Å². The van der Waals surface area contributed by atoms with Crippen LogP contribution in [-0.2, 0) is 16.2 Å². The number of anilines is 1. The maximum absolute atomic E-state index is 13.4. The second-order valence-electron chi connectivity index (χ2n) is 7.00. The van der Waals surface area contributed by atoms with Crippen molar-refractivity contribution in [3.63, 3.8) is 0 Å². The van der Waals surface area contributed by atoms with Gasteiger partial charge in [-0.1, -0.05) is 19.4 Å². The number of halogens is 3. The monoisotopic (exact) mass is 471 g/mol. The van der Waals surface area contributed by atoms with Gasteiger partial charge in [-0.3, -0.25) is 4.31 Å². The highest BCUT2D eigenvalue weighted by molar-refractivity contribution is 7.93. The number of aromatic carboxylic acids is 1. The molecule has 1 aromatic heterocycles. The molecule has 0 saturated heterocycles. The predicted octanol–water partition coefficient (Wildman–Crippen LogP) is 5.92. The fraction of sp³-hybridized carbons (Fsp3) is 0.286. The first kappa shape index (κ1) is 23.1. The van der Waals surface area contributed by atoms with Crippen LogP contribution < -0.4 is 4.31 Å². The first-order valence-corrected chi connectivity index (χ1v) is 11.7. The molecule has 0 bridgehead atoms. The van der Waals surface area contributed by atoms with Gasteiger partial charge >= 0.3 is 12.1 Å². The summed E-state index contributed by atoms with van der Waals surface area (Å²) in [4.78, 5) is 11.0. The number of carboxylic acids is 1. The normalized spacial score (nSPS) is 12.3. The number of nitrogens with zero attached hydrogens (tertiary/aromatic N) is 1. The van der Waals surface area contributed by atoms with Crippen LogP contribution in [0.25, 0.3) is 10.1 Å². The third-order valence-electron chi connectivity index (χ3n) is 4.87. The number of aryl methyl sites for hydroxylation is 1. The molecule has 0 aliphatic carbocycles.